The molecule has 0 atom stereocenters. The SMILES string of the molecule is COC(=O)C[n+]1cc[nH]c1. The van der Waals surface area contributed by atoms with Crippen LogP contribution in [0.3, 0.4) is 0 Å². The van der Waals surface area contributed by atoms with Gasteiger partial charge < -0.3 is 4.74 Å². The van der Waals surface area contributed by atoms with Gasteiger partial charge >= 0.3 is 5.97 Å². The van der Waals surface area contributed by atoms with Crippen LogP contribution < -0.4 is 4.57 Å². The number of hydrogen-bond donors (Lipinski definition) is 1. The van der Waals surface area contributed by atoms with Gasteiger partial charge in [-0.2, -0.15) is 0 Å². The van der Waals surface area contributed by atoms with Gasteiger partial charge in [-0.3, -0.25) is 4.98 Å². The summed E-state index contributed by atoms with van der Waals surface area (Å²) >= 11 is 0. The molecule has 0 aliphatic carbocycles. The Hall–Kier alpha value is -1.32. The van der Waals surface area contributed by atoms with Gasteiger partial charge in [-0.15, -0.1) is 0 Å². The van der Waals surface area contributed by atoms with Crippen LogP contribution in [0.4, 0.5) is 0 Å². The van der Waals surface area contributed by atoms with Crippen molar-refractivity contribution >= 4 is 5.97 Å². The molecular weight excluding hydrogens is 132 g/mol. The molecule has 1 aromatic heterocycles. The van der Waals surface area contributed by atoms with Crippen molar-refractivity contribution in [3.63, 3.8) is 0 Å². The molecule has 0 saturated heterocycles. The molecule has 1 aromatic rings. The molecular formula is C6H9N2O2+. The van der Waals surface area contributed by atoms with E-state index in [0.717, 1.165) is 0 Å². The molecule has 10 heavy (non-hydrogen) atoms. The van der Waals surface area contributed by atoms with Gasteiger partial charge in [-0.1, -0.05) is 0 Å². The van der Waals surface area contributed by atoms with Crippen molar-refractivity contribution in [3.05, 3.63) is 18.7 Å². The molecule has 0 bridgehead atoms. The van der Waals surface area contributed by atoms with Gasteiger partial charge in [-0.25, -0.2) is 9.36 Å². The lowest BCUT2D eigenvalue weighted by molar-refractivity contribution is -0.684. The van der Waals surface area contributed by atoms with Crippen LogP contribution in [0.25, 0.3) is 0 Å². The Morgan fingerprint density at radius 3 is 3.10 bits per heavy atom. The second-order valence-electron chi connectivity index (χ2n) is 1.86. The highest BCUT2D eigenvalue weighted by Crippen LogP contribution is 1.74. The fourth-order valence-electron chi connectivity index (χ4n) is 0.633. The first-order valence-corrected chi connectivity index (χ1v) is 2.91. The van der Waals surface area contributed by atoms with Gasteiger partial charge in [0.25, 0.3) is 0 Å². The lowest BCUT2D eigenvalue weighted by atomic mass is 10.6. The highest BCUT2D eigenvalue weighted by Gasteiger charge is 2.04. The topological polar surface area (TPSA) is 46.0 Å². The fraction of sp³-hybridized carbons (Fsp3) is 0.333. The number of methoxy groups -OCH3 is 1. The number of esters is 1. The molecule has 0 radical (unpaired) electrons. The Bertz CT molecular complexity index is 206. The summed E-state index contributed by atoms with van der Waals surface area (Å²) in [6.07, 6.45) is 5.19. The fourth-order valence-corrected chi connectivity index (χ4v) is 0.633. The number of carbonyl (C=O) groups is 1. The third-order valence-electron chi connectivity index (χ3n) is 1.14. The lowest BCUT2D eigenvalue weighted by Crippen LogP contribution is -2.35. The molecule has 4 nitrogen and oxygen atoms in total. The van der Waals surface area contributed by atoms with E-state index in [2.05, 4.69) is 9.72 Å². The number of H-pyrrole nitrogens is 1. The average Bonchev–Trinajstić information content (AvgIpc) is 2.40. The van der Waals surface area contributed by atoms with Gasteiger partial charge in [0, 0.05) is 0 Å². The average molecular weight is 141 g/mol. The molecule has 1 N–H and O–H groups in total. The maximum absolute atomic E-state index is 10.6. The van der Waals surface area contributed by atoms with Crippen LogP contribution >= 0.6 is 0 Å². The molecule has 0 aliphatic heterocycles. The molecule has 0 unspecified atom stereocenters. The van der Waals surface area contributed by atoms with E-state index in [1.54, 1.807) is 23.3 Å². The smallest absolute Gasteiger partial charge is 0.348 e. The van der Waals surface area contributed by atoms with Crippen LogP contribution in [0.5, 0.6) is 0 Å². The predicted molar refractivity (Wildman–Crippen MR) is 33.0 cm³/mol. The summed E-state index contributed by atoms with van der Waals surface area (Å²) in [6.45, 7) is 0.264. The highest BCUT2D eigenvalue weighted by molar-refractivity contribution is 5.67. The Morgan fingerprint density at radius 1 is 1.80 bits per heavy atom. The number of nitrogens with one attached hydrogen (secondary N) is 1. The third-order valence-corrected chi connectivity index (χ3v) is 1.14. The van der Waals surface area contributed by atoms with E-state index in [-0.39, 0.29) is 12.5 Å². The first-order chi connectivity index (χ1) is 4.83. The van der Waals surface area contributed by atoms with Crippen molar-refractivity contribution in [1.29, 1.82) is 0 Å². The normalized spacial score (nSPS) is 9.30. The number of hydrogen-bond acceptors (Lipinski definition) is 2. The van der Waals surface area contributed by atoms with Gasteiger partial charge in [0.15, 0.2) is 6.54 Å². The Balaban J connectivity index is 2.48. The first-order valence-electron chi connectivity index (χ1n) is 2.91. The zero-order valence-corrected chi connectivity index (χ0v) is 5.70. The number of aromatic amines is 1. The number of nitrogens with zero attached hydrogens (tertiary/aromatic N) is 1. The van der Waals surface area contributed by atoms with Crippen molar-refractivity contribution in [1.82, 2.24) is 4.98 Å². The summed E-state index contributed by atoms with van der Waals surface area (Å²) in [5, 5.41) is 0. The number of imidazole rings is 1. The summed E-state index contributed by atoms with van der Waals surface area (Å²) < 4.78 is 6.15. The van der Waals surface area contributed by atoms with Crippen LogP contribution in [0.1, 0.15) is 0 Å². The molecule has 0 spiro atoms. The minimum atomic E-state index is -0.246. The van der Waals surface area contributed by atoms with E-state index in [9.17, 15) is 4.79 Å². The van der Waals surface area contributed by atoms with Crippen LogP contribution in [0.2, 0.25) is 0 Å². The second kappa shape index (κ2) is 3.00. The van der Waals surface area contributed by atoms with Crippen molar-refractivity contribution in [2.75, 3.05) is 7.11 Å². The molecule has 0 fully saturated rings. The van der Waals surface area contributed by atoms with E-state index < -0.39 is 0 Å². The maximum Gasteiger partial charge on any atom is 0.348 e. The number of carbonyl (C=O) groups excluding carboxylic acids is 1. The molecule has 1 rings (SSSR count). The molecule has 54 valence electrons. The van der Waals surface area contributed by atoms with Crippen LogP contribution in [-0.4, -0.2) is 18.1 Å². The van der Waals surface area contributed by atoms with E-state index in [1.807, 2.05) is 0 Å². The van der Waals surface area contributed by atoms with Gasteiger partial charge in [0.2, 0.25) is 6.33 Å². The molecule has 4 heteroatoms. The molecule has 0 amide bonds. The minimum Gasteiger partial charge on any atom is -0.466 e. The van der Waals surface area contributed by atoms with Crippen LogP contribution in [0.15, 0.2) is 18.7 Å². The molecule has 1 heterocycles. The molecule has 0 aliphatic rings. The van der Waals surface area contributed by atoms with Crippen LogP contribution in [0, 0.1) is 0 Å². The van der Waals surface area contributed by atoms with E-state index in [4.69, 9.17) is 0 Å². The quantitative estimate of drug-likeness (QED) is 0.444. The summed E-state index contributed by atoms with van der Waals surface area (Å²) in [4.78, 5) is 13.4. The third kappa shape index (κ3) is 1.58. The van der Waals surface area contributed by atoms with Crippen molar-refractivity contribution in [2.45, 2.75) is 6.54 Å². The number of ether oxygens (including phenoxy) is 1. The lowest BCUT2D eigenvalue weighted by Gasteiger charge is -1.92. The standard InChI is InChI=1S/C6H8N2O2/c1-10-6(9)4-8-3-2-7-5-8/h2-3,5H,4H2,1H3/p+1. The van der Waals surface area contributed by atoms with E-state index in [0.29, 0.717) is 0 Å². The molecule has 0 saturated carbocycles. The van der Waals surface area contributed by atoms with Gasteiger partial charge in [0.1, 0.15) is 12.4 Å². The van der Waals surface area contributed by atoms with Crippen LogP contribution in [-0.2, 0) is 16.1 Å². The van der Waals surface area contributed by atoms with Crippen molar-refractivity contribution < 1.29 is 14.1 Å². The maximum atomic E-state index is 10.6. The Kier molecular flexibility index (Phi) is 2.04. The first kappa shape index (κ1) is 6.80. The zero-order chi connectivity index (χ0) is 7.40. The number of rotatable bonds is 2. The largest absolute Gasteiger partial charge is 0.466 e. The van der Waals surface area contributed by atoms with E-state index in [1.165, 1.54) is 7.11 Å². The van der Waals surface area contributed by atoms with Gasteiger partial charge in [0.05, 0.1) is 7.11 Å². The van der Waals surface area contributed by atoms with E-state index >= 15 is 0 Å². The summed E-state index contributed by atoms with van der Waals surface area (Å²) in [5.74, 6) is -0.246. The summed E-state index contributed by atoms with van der Waals surface area (Å²) in [6, 6.07) is 0. The van der Waals surface area contributed by atoms with Crippen molar-refractivity contribution in [3.8, 4) is 0 Å². The van der Waals surface area contributed by atoms with Crippen molar-refractivity contribution in [2.24, 2.45) is 0 Å². The summed E-state index contributed by atoms with van der Waals surface area (Å²) in [7, 11) is 1.37. The van der Waals surface area contributed by atoms with Gasteiger partial charge in [-0.05, 0) is 0 Å². The second-order valence-corrected chi connectivity index (χ2v) is 1.86. The predicted octanol–water partition coefficient (Wildman–Crippen LogP) is -0.525. The Labute approximate surface area is 58.4 Å². The highest BCUT2D eigenvalue weighted by atomic mass is 16.5. The Morgan fingerprint density at radius 2 is 2.60 bits per heavy atom. The zero-order valence-electron chi connectivity index (χ0n) is 5.70. The monoisotopic (exact) mass is 141 g/mol. The molecule has 0 aromatic carbocycles. The number of aromatic nitrogens is 2. The minimum absolute atomic E-state index is 0.246. The summed E-state index contributed by atoms with van der Waals surface area (Å²) in [5.41, 5.74) is 0.